The highest BCUT2D eigenvalue weighted by Gasteiger charge is 2.29. The Morgan fingerprint density at radius 1 is 0.969 bits per heavy atom. The lowest BCUT2D eigenvalue weighted by Gasteiger charge is -2.27. The predicted molar refractivity (Wildman–Crippen MR) is 124 cm³/mol. The monoisotopic (exact) mass is 461 g/mol. The molecule has 0 unspecified atom stereocenters. The zero-order valence-corrected chi connectivity index (χ0v) is 19.8. The van der Waals surface area contributed by atoms with Crippen LogP contribution >= 0.6 is 0 Å². The Labute approximate surface area is 191 Å². The number of nitrogens with zero attached hydrogens (tertiary/aromatic N) is 2. The van der Waals surface area contributed by atoms with E-state index >= 15 is 0 Å². The SMILES string of the molecule is CC1CCC(NS(=O)(=O)c2ccc3c(c2)CCN3C(=O)CCC(=O)N2CCCCC2)CC1. The van der Waals surface area contributed by atoms with Gasteiger partial charge in [0.2, 0.25) is 21.8 Å². The molecule has 2 aliphatic heterocycles. The topological polar surface area (TPSA) is 86.8 Å². The van der Waals surface area contributed by atoms with Crippen LogP contribution in [0.15, 0.2) is 23.1 Å². The molecule has 3 aliphatic rings. The summed E-state index contributed by atoms with van der Waals surface area (Å²) >= 11 is 0. The van der Waals surface area contributed by atoms with Crippen LogP contribution in [0, 0.1) is 5.92 Å². The third-order valence-corrected chi connectivity index (χ3v) is 8.68. The van der Waals surface area contributed by atoms with E-state index in [-0.39, 0.29) is 35.6 Å². The van der Waals surface area contributed by atoms with E-state index in [1.54, 1.807) is 23.1 Å². The van der Waals surface area contributed by atoms with E-state index in [1.165, 1.54) is 6.42 Å². The first-order valence-electron chi connectivity index (χ1n) is 12.1. The molecule has 0 aromatic heterocycles. The van der Waals surface area contributed by atoms with Gasteiger partial charge in [0.1, 0.15) is 0 Å². The van der Waals surface area contributed by atoms with Gasteiger partial charge in [-0.15, -0.1) is 0 Å². The number of carbonyl (C=O) groups excluding carboxylic acids is 2. The summed E-state index contributed by atoms with van der Waals surface area (Å²) in [6.45, 7) is 4.33. The molecule has 1 aliphatic carbocycles. The second-order valence-corrected chi connectivity index (χ2v) is 11.3. The second-order valence-electron chi connectivity index (χ2n) is 9.61. The number of fused-ring (bicyclic) bond motifs is 1. The fourth-order valence-corrected chi connectivity index (χ4v) is 6.48. The van der Waals surface area contributed by atoms with Crippen molar-refractivity contribution in [3.8, 4) is 0 Å². The third-order valence-electron chi connectivity index (χ3n) is 7.16. The normalized spacial score (nSPS) is 23.8. The van der Waals surface area contributed by atoms with E-state index in [2.05, 4.69) is 11.6 Å². The van der Waals surface area contributed by atoms with Gasteiger partial charge in [-0.3, -0.25) is 9.59 Å². The van der Waals surface area contributed by atoms with Crippen molar-refractivity contribution in [3.63, 3.8) is 0 Å². The number of likely N-dealkylation sites (tertiary alicyclic amines) is 1. The van der Waals surface area contributed by atoms with Crippen LogP contribution in [-0.4, -0.2) is 50.8 Å². The van der Waals surface area contributed by atoms with E-state index in [0.29, 0.717) is 18.9 Å². The Morgan fingerprint density at radius 3 is 2.38 bits per heavy atom. The van der Waals surface area contributed by atoms with E-state index in [9.17, 15) is 18.0 Å². The molecule has 32 heavy (non-hydrogen) atoms. The maximum Gasteiger partial charge on any atom is 0.240 e. The number of nitrogens with one attached hydrogen (secondary N) is 1. The number of hydrogen-bond acceptors (Lipinski definition) is 4. The number of sulfonamides is 1. The minimum Gasteiger partial charge on any atom is -0.343 e. The molecule has 176 valence electrons. The standard InChI is InChI=1S/C24H35N3O4S/c1-18-5-7-20(8-6-18)25-32(30,31)21-9-10-22-19(17-21)13-16-27(22)24(29)12-11-23(28)26-14-3-2-4-15-26/h9-10,17-18,20,25H,2-8,11-16H2,1H3. The first kappa shape index (κ1) is 23.2. The lowest BCUT2D eigenvalue weighted by Crippen LogP contribution is -2.37. The first-order valence-corrected chi connectivity index (χ1v) is 13.6. The van der Waals surface area contributed by atoms with E-state index in [4.69, 9.17) is 0 Å². The molecule has 2 fully saturated rings. The summed E-state index contributed by atoms with van der Waals surface area (Å²) in [4.78, 5) is 29.0. The molecule has 1 aromatic rings. The highest BCUT2D eigenvalue weighted by atomic mass is 32.2. The van der Waals surface area contributed by atoms with Gasteiger partial charge in [-0.1, -0.05) is 6.92 Å². The molecule has 1 saturated heterocycles. The minimum absolute atomic E-state index is 0.0000261. The van der Waals surface area contributed by atoms with Crippen molar-refractivity contribution >= 4 is 27.5 Å². The largest absolute Gasteiger partial charge is 0.343 e. The number of anilines is 1. The van der Waals surface area contributed by atoms with Crippen LogP contribution in [0.5, 0.6) is 0 Å². The van der Waals surface area contributed by atoms with Crippen LogP contribution in [0.4, 0.5) is 5.69 Å². The molecule has 2 heterocycles. The molecule has 7 nitrogen and oxygen atoms in total. The molecular formula is C24H35N3O4S. The maximum absolute atomic E-state index is 12.9. The van der Waals surface area contributed by atoms with Crippen molar-refractivity contribution in [2.45, 2.75) is 82.1 Å². The molecular weight excluding hydrogens is 426 g/mol. The molecule has 2 amide bonds. The number of benzene rings is 1. The molecule has 0 spiro atoms. The maximum atomic E-state index is 12.9. The Bertz CT molecular complexity index is 948. The summed E-state index contributed by atoms with van der Waals surface area (Å²) in [5.41, 5.74) is 1.65. The lowest BCUT2D eigenvalue weighted by molar-refractivity contribution is -0.133. The van der Waals surface area contributed by atoms with Gasteiger partial charge in [0.05, 0.1) is 4.90 Å². The van der Waals surface area contributed by atoms with Crippen molar-refractivity contribution in [3.05, 3.63) is 23.8 Å². The van der Waals surface area contributed by atoms with Gasteiger partial charge in [0.25, 0.3) is 0 Å². The summed E-state index contributed by atoms with van der Waals surface area (Å²) in [6.07, 6.45) is 8.17. The van der Waals surface area contributed by atoms with Gasteiger partial charge in [0, 0.05) is 44.2 Å². The number of hydrogen-bond donors (Lipinski definition) is 1. The average molecular weight is 462 g/mol. The van der Waals surface area contributed by atoms with E-state index in [0.717, 1.165) is 62.9 Å². The van der Waals surface area contributed by atoms with Crippen molar-refractivity contribution < 1.29 is 18.0 Å². The number of rotatable bonds is 6. The van der Waals surface area contributed by atoms with Crippen LogP contribution in [-0.2, 0) is 26.0 Å². The lowest BCUT2D eigenvalue weighted by atomic mass is 9.88. The van der Waals surface area contributed by atoms with Crippen LogP contribution < -0.4 is 9.62 Å². The molecule has 1 N–H and O–H groups in total. The first-order chi connectivity index (χ1) is 15.3. The third kappa shape index (κ3) is 5.34. The van der Waals surface area contributed by atoms with Gasteiger partial charge in [0.15, 0.2) is 0 Å². The van der Waals surface area contributed by atoms with Crippen molar-refractivity contribution in [2.24, 2.45) is 5.92 Å². The molecule has 0 atom stereocenters. The highest BCUT2D eigenvalue weighted by molar-refractivity contribution is 7.89. The number of piperidine rings is 1. The van der Waals surface area contributed by atoms with E-state index < -0.39 is 10.0 Å². The molecule has 8 heteroatoms. The summed E-state index contributed by atoms with van der Waals surface area (Å²) in [6, 6.07) is 5.04. The Balaban J connectivity index is 1.36. The number of carbonyl (C=O) groups is 2. The average Bonchev–Trinajstić information content (AvgIpc) is 3.23. The zero-order valence-electron chi connectivity index (χ0n) is 19.0. The van der Waals surface area contributed by atoms with Gasteiger partial charge in [-0.2, -0.15) is 0 Å². The molecule has 1 aromatic carbocycles. The van der Waals surface area contributed by atoms with Crippen molar-refractivity contribution in [1.29, 1.82) is 0 Å². The summed E-state index contributed by atoms with van der Waals surface area (Å²) < 4.78 is 28.7. The summed E-state index contributed by atoms with van der Waals surface area (Å²) in [5.74, 6) is 0.649. The minimum atomic E-state index is -3.57. The summed E-state index contributed by atoms with van der Waals surface area (Å²) in [5, 5.41) is 0. The molecule has 4 rings (SSSR count). The quantitative estimate of drug-likeness (QED) is 0.705. The van der Waals surface area contributed by atoms with Gasteiger partial charge >= 0.3 is 0 Å². The predicted octanol–water partition coefficient (Wildman–Crippen LogP) is 3.23. The summed E-state index contributed by atoms with van der Waals surface area (Å²) in [7, 11) is -3.57. The van der Waals surface area contributed by atoms with Gasteiger partial charge in [-0.05, 0) is 81.0 Å². The second kappa shape index (κ2) is 9.91. The number of amides is 2. The van der Waals surface area contributed by atoms with Gasteiger partial charge in [-0.25, -0.2) is 13.1 Å². The van der Waals surface area contributed by atoms with Crippen LogP contribution in [0.2, 0.25) is 0 Å². The van der Waals surface area contributed by atoms with Crippen LogP contribution in [0.1, 0.15) is 70.3 Å². The fraction of sp³-hybridized carbons (Fsp3) is 0.667. The molecule has 1 saturated carbocycles. The Morgan fingerprint density at radius 2 is 1.66 bits per heavy atom. The molecule has 0 bridgehead atoms. The van der Waals surface area contributed by atoms with Crippen LogP contribution in [0.3, 0.4) is 0 Å². The van der Waals surface area contributed by atoms with Crippen molar-refractivity contribution in [1.82, 2.24) is 9.62 Å². The fourth-order valence-electron chi connectivity index (χ4n) is 5.12. The van der Waals surface area contributed by atoms with E-state index in [1.807, 2.05) is 4.90 Å². The Kier molecular flexibility index (Phi) is 7.20. The Hall–Kier alpha value is -1.93. The van der Waals surface area contributed by atoms with Crippen LogP contribution in [0.25, 0.3) is 0 Å². The van der Waals surface area contributed by atoms with Gasteiger partial charge < -0.3 is 9.80 Å². The molecule has 0 radical (unpaired) electrons. The highest BCUT2D eigenvalue weighted by Crippen LogP contribution is 2.31. The zero-order chi connectivity index (χ0) is 22.7. The van der Waals surface area contributed by atoms with Crippen molar-refractivity contribution in [2.75, 3.05) is 24.5 Å². The smallest absolute Gasteiger partial charge is 0.240 e.